The number of ether oxygens (including phenoxy) is 1. The van der Waals surface area contributed by atoms with E-state index >= 15 is 0 Å². The lowest BCUT2D eigenvalue weighted by Gasteiger charge is -2.20. The van der Waals surface area contributed by atoms with E-state index in [1.54, 1.807) is 0 Å². The molecule has 120 valence electrons. The van der Waals surface area contributed by atoms with Crippen molar-refractivity contribution < 1.29 is 27.1 Å². The van der Waals surface area contributed by atoms with Crippen LogP contribution in [-0.2, 0) is 24.2 Å². The molecule has 0 bridgehead atoms. The molecule has 0 N–H and O–H groups in total. The third kappa shape index (κ3) is 2.96. The van der Waals surface area contributed by atoms with Gasteiger partial charge in [-0.25, -0.2) is 17.6 Å². The van der Waals surface area contributed by atoms with E-state index in [1.165, 1.54) is 31.1 Å². The van der Waals surface area contributed by atoms with Crippen molar-refractivity contribution >= 4 is 21.7 Å². The second-order valence-electron chi connectivity index (χ2n) is 5.07. The Hall–Kier alpha value is -1.96. The molecule has 1 saturated heterocycles. The fraction of sp³-hybridized carbons (Fsp3) is 0.429. The monoisotopic (exact) mass is 329 g/mol. The van der Waals surface area contributed by atoms with E-state index in [2.05, 4.69) is 4.74 Å². The summed E-state index contributed by atoms with van der Waals surface area (Å²) in [5.74, 6) is -1.58. The number of benzene rings is 1. The second kappa shape index (κ2) is 6.04. The van der Waals surface area contributed by atoms with E-state index < -0.39 is 38.8 Å². The average molecular weight is 329 g/mol. The summed E-state index contributed by atoms with van der Waals surface area (Å²) >= 11 is 0. The first-order valence-corrected chi connectivity index (χ1v) is 8.16. The number of likely N-dealkylation sites (tertiary alicyclic amines) is 1. The molecule has 1 heterocycles. The molecule has 1 aromatic carbocycles. The molecule has 22 heavy (non-hydrogen) atoms. The molecule has 0 spiro atoms. The molecule has 1 fully saturated rings. The molecule has 8 heteroatoms. The van der Waals surface area contributed by atoms with E-state index in [0.29, 0.717) is 0 Å². The highest BCUT2D eigenvalue weighted by Crippen LogP contribution is 2.28. The summed E-state index contributed by atoms with van der Waals surface area (Å²) in [7, 11) is -2.58. The molecule has 0 saturated carbocycles. The molecular weight excluding hydrogens is 313 g/mol. The Morgan fingerprint density at radius 2 is 1.86 bits per heavy atom. The Morgan fingerprint density at radius 3 is 2.36 bits per heavy atom. The summed E-state index contributed by atoms with van der Waals surface area (Å²) in [4.78, 5) is 24.5. The van der Waals surface area contributed by atoms with Crippen LogP contribution in [0.5, 0.6) is 0 Å². The number of hydrogen-bond donors (Lipinski definition) is 0. The Morgan fingerprint density at radius 1 is 1.27 bits per heavy atom. The molecule has 1 aromatic rings. The van der Waals surface area contributed by atoms with E-state index in [0.717, 1.165) is 12.1 Å². The Kier molecular flexibility index (Phi) is 4.50. The van der Waals surface area contributed by atoms with E-state index in [1.807, 2.05) is 0 Å². The number of sulfone groups is 1. The van der Waals surface area contributed by atoms with Crippen LogP contribution in [0.2, 0.25) is 0 Å². The third-order valence-electron chi connectivity index (χ3n) is 3.72. The summed E-state index contributed by atoms with van der Waals surface area (Å²) in [6, 6.07) is 3.55. The quantitative estimate of drug-likeness (QED) is 0.604. The fourth-order valence-corrected chi connectivity index (χ4v) is 4.24. The van der Waals surface area contributed by atoms with Crippen LogP contribution in [0, 0.1) is 5.82 Å². The van der Waals surface area contributed by atoms with E-state index in [4.69, 9.17) is 0 Å². The first kappa shape index (κ1) is 16.4. The van der Waals surface area contributed by atoms with Gasteiger partial charge < -0.3 is 9.64 Å². The molecule has 2 rings (SSSR count). The highest BCUT2D eigenvalue weighted by molar-refractivity contribution is 7.92. The van der Waals surface area contributed by atoms with Gasteiger partial charge in [0, 0.05) is 13.5 Å². The number of methoxy groups -OCH3 is 1. The van der Waals surface area contributed by atoms with Crippen LogP contribution in [0.3, 0.4) is 0 Å². The lowest BCUT2D eigenvalue weighted by Crippen LogP contribution is -2.40. The topological polar surface area (TPSA) is 80.8 Å². The van der Waals surface area contributed by atoms with Crippen LogP contribution in [0.4, 0.5) is 4.39 Å². The zero-order valence-electron chi connectivity index (χ0n) is 12.2. The van der Waals surface area contributed by atoms with Crippen LogP contribution in [0.25, 0.3) is 0 Å². The van der Waals surface area contributed by atoms with Gasteiger partial charge >= 0.3 is 5.97 Å². The van der Waals surface area contributed by atoms with Crippen molar-refractivity contribution in [2.75, 3.05) is 13.7 Å². The molecule has 1 aliphatic rings. The van der Waals surface area contributed by atoms with Crippen LogP contribution in [-0.4, -0.2) is 50.1 Å². The van der Waals surface area contributed by atoms with Gasteiger partial charge in [-0.3, -0.25) is 4.79 Å². The maximum Gasteiger partial charge on any atom is 0.328 e. The number of carbonyl (C=O) groups is 2. The first-order valence-electron chi connectivity index (χ1n) is 6.62. The maximum atomic E-state index is 12.9. The van der Waals surface area contributed by atoms with Crippen molar-refractivity contribution in [1.82, 2.24) is 4.90 Å². The fourth-order valence-electron chi connectivity index (χ4n) is 2.55. The van der Waals surface area contributed by atoms with E-state index in [9.17, 15) is 22.4 Å². The van der Waals surface area contributed by atoms with Crippen LogP contribution < -0.4 is 0 Å². The number of hydrogen-bond acceptors (Lipinski definition) is 5. The molecule has 6 nitrogen and oxygen atoms in total. The van der Waals surface area contributed by atoms with Gasteiger partial charge in [0.25, 0.3) is 0 Å². The lowest BCUT2D eigenvalue weighted by molar-refractivity contribution is -0.150. The first-order chi connectivity index (χ1) is 10.3. The van der Waals surface area contributed by atoms with Gasteiger partial charge in [0.15, 0.2) is 9.84 Å². The van der Waals surface area contributed by atoms with Gasteiger partial charge in [0.1, 0.15) is 11.9 Å². The third-order valence-corrected chi connectivity index (χ3v) is 5.87. The number of esters is 1. The lowest BCUT2D eigenvalue weighted by atomic mass is 10.2. The van der Waals surface area contributed by atoms with Crippen molar-refractivity contribution in [3.63, 3.8) is 0 Å². The normalized spacial score (nSPS) is 21.7. The SMILES string of the molecule is COC(=O)[C@@H]1C[C@@H](S(=O)(=O)c2ccc(F)cc2)CN1C(C)=O. The highest BCUT2D eigenvalue weighted by Gasteiger charge is 2.44. The standard InChI is InChI=1S/C14H16FNO5S/c1-9(17)16-8-12(7-13(16)14(18)21-2)22(19,20)11-5-3-10(15)4-6-11/h3-6,12-13H,7-8H2,1-2H3/t12-,13+/m1/s1. The minimum absolute atomic E-state index is 0.0343. The van der Waals surface area contributed by atoms with Crippen molar-refractivity contribution in [3.05, 3.63) is 30.1 Å². The Labute approximate surface area is 127 Å². The van der Waals surface area contributed by atoms with Gasteiger partial charge in [-0.15, -0.1) is 0 Å². The zero-order valence-corrected chi connectivity index (χ0v) is 13.0. The van der Waals surface area contributed by atoms with Crippen molar-refractivity contribution in [3.8, 4) is 0 Å². The van der Waals surface area contributed by atoms with Gasteiger partial charge in [0.2, 0.25) is 5.91 Å². The summed E-state index contributed by atoms with van der Waals surface area (Å²) in [5, 5.41) is -0.925. The van der Waals surface area contributed by atoms with Gasteiger partial charge in [-0.1, -0.05) is 0 Å². The van der Waals surface area contributed by atoms with Crippen molar-refractivity contribution in [1.29, 1.82) is 0 Å². The number of halogens is 1. The molecular formula is C14H16FNO5S. The minimum atomic E-state index is -3.76. The predicted octanol–water partition coefficient (Wildman–Crippen LogP) is 0.762. The molecule has 0 aliphatic carbocycles. The second-order valence-corrected chi connectivity index (χ2v) is 7.30. The molecule has 1 amide bonds. The Balaban J connectivity index is 2.31. The highest BCUT2D eigenvalue weighted by atomic mass is 32.2. The summed E-state index contributed by atoms with van der Waals surface area (Å²) in [5.41, 5.74) is 0. The summed E-state index contributed by atoms with van der Waals surface area (Å²) < 4.78 is 42.7. The Bertz CT molecular complexity index is 686. The van der Waals surface area contributed by atoms with Gasteiger partial charge in [-0.05, 0) is 30.7 Å². The maximum absolute atomic E-state index is 12.9. The van der Waals surface area contributed by atoms with Gasteiger partial charge in [0.05, 0.1) is 17.3 Å². The van der Waals surface area contributed by atoms with Crippen molar-refractivity contribution in [2.24, 2.45) is 0 Å². The van der Waals surface area contributed by atoms with Crippen LogP contribution in [0.1, 0.15) is 13.3 Å². The smallest absolute Gasteiger partial charge is 0.328 e. The number of carbonyl (C=O) groups excluding carboxylic acids is 2. The largest absolute Gasteiger partial charge is 0.467 e. The number of amides is 1. The molecule has 0 aromatic heterocycles. The van der Waals surface area contributed by atoms with Gasteiger partial charge in [-0.2, -0.15) is 0 Å². The number of rotatable bonds is 3. The van der Waals surface area contributed by atoms with Crippen LogP contribution in [0.15, 0.2) is 29.2 Å². The molecule has 1 aliphatic heterocycles. The van der Waals surface area contributed by atoms with E-state index in [-0.39, 0.29) is 17.9 Å². The minimum Gasteiger partial charge on any atom is -0.467 e. The van der Waals surface area contributed by atoms with Crippen LogP contribution >= 0.6 is 0 Å². The summed E-state index contributed by atoms with van der Waals surface area (Å²) in [6.07, 6.45) is -0.0358. The number of nitrogens with zero attached hydrogens (tertiary/aromatic N) is 1. The average Bonchev–Trinajstić information content (AvgIpc) is 2.93. The predicted molar refractivity (Wildman–Crippen MR) is 75.2 cm³/mol. The van der Waals surface area contributed by atoms with Crippen molar-refractivity contribution in [2.45, 2.75) is 29.5 Å². The summed E-state index contributed by atoms with van der Waals surface area (Å²) in [6.45, 7) is 1.18. The molecule has 0 unspecified atom stereocenters. The zero-order chi connectivity index (χ0) is 16.5. The molecule has 0 radical (unpaired) electrons. The molecule has 2 atom stereocenters.